The van der Waals surface area contributed by atoms with E-state index >= 15 is 0 Å². The first-order valence-corrected chi connectivity index (χ1v) is 14.8. The van der Waals surface area contributed by atoms with Gasteiger partial charge in [-0.2, -0.15) is 0 Å². The second-order valence-electron chi connectivity index (χ2n) is 9.98. The molecule has 1 saturated heterocycles. The van der Waals surface area contributed by atoms with Crippen LogP contribution in [0.2, 0.25) is 0 Å². The first kappa shape index (κ1) is 25.9. The smallest absolute Gasteiger partial charge is 0.264 e. The van der Waals surface area contributed by atoms with E-state index in [1.165, 1.54) is 21.8 Å². The molecule has 2 amide bonds. The summed E-state index contributed by atoms with van der Waals surface area (Å²) in [5.41, 5.74) is 2.42. The highest BCUT2D eigenvalue weighted by molar-refractivity contribution is 7.12. The maximum atomic E-state index is 13.8. The molecule has 37 heavy (non-hydrogen) atoms. The van der Waals surface area contributed by atoms with E-state index in [2.05, 4.69) is 37.4 Å². The average molecular weight is 539 g/mol. The van der Waals surface area contributed by atoms with Crippen LogP contribution in [-0.2, 0) is 16.0 Å². The van der Waals surface area contributed by atoms with Gasteiger partial charge in [-0.3, -0.25) is 9.59 Å². The molecule has 0 bridgehead atoms. The SMILES string of the molecule is CC(C)c1ccc(OC[C@H]2c3ccsc3CCN2C(=O)CN(C[C@@H]2CCCO2)C(=O)c2cccs2)cc1. The second-order valence-corrected chi connectivity index (χ2v) is 11.9. The van der Waals surface area contributed by atoms with Crippen LogP contribution in [0.5, 0.6) is 5.75 Å². The van der Waals surface area contributed by atoms with Gasteiger partial charge in [0.05, 0.1) is 17.0 Å². The molecule has 0 saturated carbocycles. The summed E-state index contributed by atoms with van der Waals surface area (Å²) in [4.78, 5) is 32.6. The normalized spacial score (nSPS) is 19.2. The molecule has 0 N–H and O–H groups in total. The Morgan fingerprint density at radius 2 is 1.97 bits per heavy atom. The fraction of sp³-hybridized carbons (Fsp3) is 0.448. The highest BCUT2D eigenvalue weighted by Gasteiger charge is 2.34. The zero-order valence-electron chi connectivity index (χ0n) is 21.4. The number of hydrogen-bond donors (Lipinski definition) is 0. The zero-order valence-corrected chi connectivity index (χ0v) is 23.1. The van der Waals surface area contributed by atoms with Crippen molar-refractivity contribution in [1.29, 1.82) is 0 Å². The number of benzene rings is 1. The van der Waals surface area contributed by atoms with Gasteiger partial charge in [0.25, 0.3) is 5.91 Å². The number of nitrogens with zero attached hydrogens (tertiary/aromatic N) is 2. The summed E-state index contributed by atoms with van der Waals surface area (Å²) >= 11 is 3.14. The molecule has 0 unspecified atom stereocenters. The molecule has 2 aromatic heterocycles. The minimum Gasteiger partial charge on any atom is -0.491 e. The molecule has 0 aliphatic carbocycles. The van der Waals surface area contributed by atoms with Crippen LogP contribution in [0.4, 0.5) is 0 Å². The zero-order chi connectivity index (χ0) is 25.8. The molecule has 2 atom stereocenters. The van der Waals surface area contributed by atoms with Crippen molar-refractivity contribution in [2.24, 2.45) is 0 Å². The second kappa shape index (κ2) is 11.8. The Kier molecular flexibility index (Phi) is 8.27. The lowest BCUT2D eigenvalue weighted by Crippen LogP contribution is -2.49. The molecule has 4 heterocycles. The summed E-state index contributed by atoms with van der Waals surface area (Å²) in [5.74, 6) is 1.10. The van der Waals surface area contributed by atoms with Gasteiger partial charge in [-0.25, -0.2) is 0 Å². The van der Waals surface area contributed by atoms with Crippen molar-refractivity contribution in [3.8, 4) is 5.75 Å². The van der Waals surface area contributed by atoms with Crippen LogP contribution in [0.1, 0.15) is 64.3 Å². The predicted molar refractivity (Wildman–Crippen MR) is 148 cm³/mol. The van der Waals surface area contributed by atoms with Crippen LogP contribution in [0, 0.1) is 0 Å². The third-order valence-electron chi connectivity index (χ3n) is 7.16. The maximum absolute atomic E-state index is 13.8. The lowest BCUT2D eigenvalue weighted by atomic mass is 10.00. The topological polar surface area (TPSA) is 59.1 Å². The van der Waals surface area contributed by atoms with Gasteiger partial charge in [-0.1, -0.05) is 32.0 Å². The molecule has 2 aliphatic heterocycles. The number of carbonyl (C=O) groups excluding carboxylic acids is 2. The average Bonchev–Trinajstić information content (AvgIpc) is 3.69. The molecule has 0 radical (unpaired) electrons. The van der Waals surface area contributed by atoms with Crippen molar-refractivity contribution in [2.75, 3.05) is 32.8 Å². The van der Waals surface area contributed by atoms with Crippen molar-refractivity contribution < 1.29 is 19.1 Å². The van der Waals surface area contributed by atoms with Gasteiger partial charge in [0.1, 0.15) is 18.9 Å². The summed E-state index contributed by atoms with van der Waals surface area (Å²) < 4.78 is 12.0. The molecular weight excluding hydrogens is 504 g/mol. The van der Waals surface area contributed by atoms with E-state index in [1.807, 2.05) is 34.5 Å². The largest absolute Gasteiger partial charge is 0.491 e. The van der Waals surface area contributed by atoms with E-state index < -0.39 is 0 Å². The molecule has 8 heteroatoms. The lowest BCUT2D eigenvalue weighted by Gasteiger charge is -2.37. The number of fused-ring (bicyclic) bond motifs is 1. The minimum absolute atomic E-state index is 0.0190. The molecule has 1 fully saturated rings. The van der Waals surface area contributed by atoms with Crippen LogP contribution in [0.15, 0.2) is 53.2 Å². The van der Waals surface area contributed by atoms with E-state index in [0.717, 1.165) is 30.6 Å². The van der Waals surface area contributed by atoms with Gasteiger partial charge in [0, 0.05) is 24.6 Å². The van der Waals surface area contributed by atoms with E-state index in [4.69, 9.17) is 9.47 Å². The first-order valence-electron chi connectivity index (χ1n) is 13.0. The fourth-order valence-electron chi connectivity index (χ4n) is 5.06. The van der Waals surface area contributed by atoms with E-state index in [0.29, 0.717) is 37.1 Å². The molecule has 0 spiro atoms. The number of carbonyl (C=O) groups is 2. The quantitative estimate of drug-likeness (QED) is 0.348. The monoisotopic (exact) mass is 538 g/mol. The molecule has 2 aliphatic rings. The third-order valence-corrected chi connectivity index (χ3v) is 9.02. The Balaban J connectivity index is 1.32. The van der Waals surface area contributed by atoms with Crippen LogP contribution >= 0.6 is 22.7 Å². The number of hydrogen-bond acceptors (Lipinski definition) is 6. The summed E-state index contributed by atoms with van der Waals surface area (Å²) in [6.45, 7) is 6.52. The van der Waals surface area contributed by atoms with Gasteiger partial charge >= 0.3 is 0 Å². The Bertz CT molecular complexity index is 1180. The van der Waals surface area contributed by atoms with Crippen LogP contribution in [-0.4, -0.2) is 60.6 Å². The molecular formula is C29H34N2O4S2. The minimum atomic E-state index is -0.186. The van der Waals surface area contributed by atoms with Crippen LogP contribution in [0.25, 0.3) is 0 Å². The van der Waals surface area contributed by atoms with Crippen molar-refractivity contribution in [1.82, 2.24) is 9.80 Å². The van der Waals surface area contributed by atoms with Crippen molar-refractivity contribution in [3.05, 3.63) is 74.1 Å². The van der Waals surface area contributed by atoms with Crippen molar-refractivity contribution in [2.45, 2.75) is 51.2 Å². The lowest BCUT2D eigenvalue weighted by molar-refractivity contribution is -0.135. The first-order chi connectivity index (χ1) is 18.0. The van der Waals surface area contributed by atoms with Crippen LogP contribution < -0.4 is 4.74 Å². The van der Waals surface area contributed by atoms with Gasteiger partial charge < -0.3 is 19.3 Å². The Hall–Kier alpha value is -2.68. The summed E-state index contributed by atoms with van der Waals surface area (Å²) in [5, 5.41) is 3.98. The Morgan fingerprint density at radius 3 is 2.68 bits per heavy atom. The molecule has 5 rings (SSSR count). The maximum Gasteiger partial charge on any atom is 0.264 e. The van der Waals surface area contributed by atoms with Crippen LogP contribution in [0.3, 0.4) is 0 Å². The number of thiophene rings is 2. The van der Waals surface area contributed by atoms with Gasteiger partial charge in [-0.05, 0) is 71.3 Å². The summed E-state index contributed by atoms with van der Waals surface area (Å²) in [7, 11) is 0. The Morgan fingerprint density at radius 1 is 1.14 bits per heavy atom. The molecule has 6 nitrogen and oxygen atoms in total. The summed E-state index contributed by atoms with van der Waals surface area (Å²) in [6, 6.07) is 13.8. The number of rotatable bonds is 9. The highest BCUT2D eigenvalue weighted by atomic mass is 32.1. The molecule has 1 aromatic carbocycles. The number of ether oxygens (including phenoxy) is 2. The third kappa shape index (κ3) is 6.08. The van der Waals surface area contributed by atoms with Gasteiger partial charge in [0.15, 0.2) is 0 Å². The van der Waals surface area contributed by atoms with Gasteiger partial charge in [-0.15, -0.1) is 22.7 Å². The van der Waals surface area contributed by atoms with E-state index in [-0.39, 0.29) is 30.5 Å². The van der Waals surface area contributed by atoms with Gasteiger partial charge in [0.2, 0.25) is 5.91 Å². The number of amides is 2. The summed E-state index contributed by atoms with van der Waals surface area (Å²) in [6.07, 6.45) is 2.71. The van der Waals surface area contributed by atoms with E-state index in [9.17, 15) is 9.59 Å². The fourth-order valence-corrected chi connectivity index (χ4v) is 6.68. The standard InChI is InChI=1S/C29H34N2O4S2/c1-20(2)21-7-9-22(10-8-21)35-19-25-24-12-16-37-26(24)11-13-31(25)28(32)18-30(17-23-5-3-14-34-23)29(33)27-6-4-15-36-27/h4,6-10,12,15-16,20,23,25H,3,5,11,13-14,17-19H2,1-2H3/t23-,25-/m0/s1. The van der Waals surface area contributed by atoms with Crippen molar-refractivity contribution in [3.63, 3.8) is 0 Å². The Labute approximate surface area is 226 Å². The highest BCUT2D eigenvalue weighted by Crippen LogP contribution is 2.34. The molecule has 3 aromatic rings. The van der Waals surface area contributed by atoms with E-state index in [1.54, 1.807) is 16.2 Å². The molecule has 196 valence electrons. The van der Waals surface area contributed by atoms with Crippen molar-refractivity contribution >= 4 is 34.5 Å². The predicted octanol–water partition coefficient (Wildman–Crippen LogP) is 5.76.